The minimum absolute atomic E-state index is 0.312. The lowest BCUT2D eigenvalue weighted by atomic mass is 10.1. The molecular weight excluding hydrogens is 310 g/mol. The topological polar surface area (TPSA) is 49.2 Å². The van der Waals surface area contributed by atoms with Crippen molar-refractivity contribution in [3.63, 3.8) is 0 Å². The molecule has 0 atom stereocenters. The first-order chi connectivity index (χ1) is 12.3. The number of rotatable bonds is 8. The summed E-state index contributed by atoms with van der Waals surface area (Å²) in [7, 11) is 0. The van der Waals surface area contributed by atoms with Gasteiger partial charge in [0.05, 0.1) is 0 Å². The van der Waals surface area contributed by atoms with Crippen molar-refractivity contribution in [1.29, 1.82) is 0 Å². The van der Waals surface area contributed by atoms with Gasteiger partial charge >= 0.3 is 0 Å². The quantitative estimate of drug-likeness (QED) is 0.686. The highest BCUT2D eigenvalue weighted by atomic mass is 16.3. The highest BCUT2D eigenvalue weighted by Crippen LogP contribution is 2.14. The van der Waals surface area contributed by atoms with E-state index in [0.717, 1.165) is 49.4 Å². The van der Waals surface area contributed by atoms with Gasteiger partial charge in [0.2, 0.25) is 0 Å². The van der Waals surface area contributed by atoms with Crippen LogP contribution in [0.4, 0.5) is 0 Å². The Bertz CT molecular complexity index is 719. The van der Waals surface area contributed by atoms with E-state index in [0.29, 0.717) is 5.75 Å². The molecule has 4 nitrogen and oxygen atoms in total. The maximum atomic E-state index is 9.70. The molecule has 0 saturated heterocycles. The molecule has 0 bridgehead atoms. The van der Waals surface area contributed by atoms with Crippen molar-refractivity contribution < 1.29 is 5.11 Å². The summed E-state index contributed by atoms with van der Waals surface area (Å²) in [4.78, 5) is 11.2. The number of aromatic hydroxyl groups is 1. The van der Waals surface area contributed by atoms with Crippen molar-refractivity contribution in [1.82, 2.24) is 14.9 Å². The molecule has 0 unspecified atom stereocenters. The van der Waals surface area contributed by atoms with Crippen LogP contribution in [0.2, 0.25) is 0 Å². The van der Waals surface area contributed by atoms with Crippen molar-refractivity contribution in [2.24, 2.45) is 0 Å². The number of aromatic nitrogens is 2. The van der Waals surface area contributed by atoms with Gasteiger partial charge < -0.3 is 5.11 Å². The van der Waals surface area contributed by atoms with Crippen LogP contribution in [0.25, 0.3) is 0 Å². The Balaban J connectivity index is 1.64. The fourth-order valence-electron chi connectivity index (χ4n) is 2.82. The van der Waals surface area contributed by atoms with Crippen LogP contribution in [-0.2, 0) is 19.4 Å². The first kappa shape index (κ1) is 17.1. The minimum atomic E-state index is 0.312. The summed E-state index contributed by atoms with van der Waals surface area (Å²) < 4.78 is 0. The molecule has 2 heterocycles. The first-order valence-electron chi connectivity index (χ1n) is 8.60. The fourth-order valence-corrected chi connectivity index (χ4v) is 2.82. The summed E-state index contributed by atoms with van der Waals surface area (Å²) in [6, 6.07) is 19.5. The zero-order valence-corrected chi connectivity index (χ0v) is 14.3. The van der Waals surface area contributed by atoms with Crippen molar-refractivity contribution in [3.05, 3.63) is 90.0 Å². The molecule has 128 valence electrons. The summed E-state index contributed by atoms with van der Waals surface area (Å²) in [5, 5.41) is 9.70. The number of pyridine rings is 2. The molecule has 0 amide bonds. The predicted molar refractivity (Wildman–Crippen MR) is 99.3 cm³/mol. The number of nitrogens with zero attached hydrogens (tertiary/aromatic N) is 3. The van der Waals surface area contributed by atoms with Gasteiger partial charge in [-0.2, -0.15) is 0 Å². The predicted octanol–water partition coefficient (Wildman–Crippen LogP) is 3.47. The van der Waals surface area contributed by atoms with Crippen LogP contribution in [0.15, 0.2) is 73.1 Å². The third-order valence-electron chi connectivity index (χ3n) is 4.14. The highest BCUT2D eigenvalue weighted by Gasteiger charge is 2.08. The van der Waals surface area contributed by atoms with E-state index in [2.05, 4.69) is 27.0 Å². The van der Waals surface area contributed by atoms with E-state index in [1.807, 2.05) is 54.9 Å². The SMILES string of the molecule is Oc1cccc(CN(CCc2ccccn2)CCc2ccccn2)c1. The summed E-state index contributed by atoms with van der Waals surface area (Å²) in [6.07, 6.45) is 5.48. The molecule has 0 fully saturated rings. The van der Waals surface area contributed by atoms with Crippen LogP contribution < -0.4 is 0 Å². The van der Waals surface area contributed by atoms with Crippen molar-refractivity contribution >= 4 is 0 Å². The Labute approximate surface area is 148 Å². The standard InChI is InChI=1S/C21H23N3O/c25-21-9-5-6-18(16-21)17-24(14-10-19-7-1-3-12-22-19)15-11-20-8-2-4-13-23-20/h1-9,12-13,16,25H,10-11,14-15,17H2. The molecule has 25 heavy (non-hydrogen) atoms. The van der Waals surface area contributed by atoms with Gasteiger partial charge in [0, 0.05) is 56.3 Å². The van der Waals surface area contributed by atoms with Crippen LogP contribution >= 0.6 is 0 Å². The maximum Gasteiger partial charge on any atom is 0.115 e. The summed E-state index contributed by atoms with van der Waals surface area (Å²) in [5.74, 6) is 0.312. The third kappa shape index (κ3) is 5.69. The van der Waals surface area contributed by atoms with E-state index in [4.69, 9.17) is 0 Å². The normalized spacial score (nSPS) is 10.9. The molecule has 2 aromatic heterocycles. The lowest BCUT2D eigenvalue weighted by Gasteiger charge is -2.22. The number of benzene rings is 1. The Hall–Kier alpha value is -2.72. The average molecular weight is 333 g/mol. The second kappa shape index (κ2) is 8.94. The fraction of sp³-hybridized carbons (Fsp3) is 0.238. The van der Waals surface area contributed by atoms with Crippen LogP contribution in [0.5, 0.6) is 5.75 Å². The van der Waals surface area contributed by atoms with Crippen LogP contribution in [0, 0.1) is 0 Å². The molecule has 0 radical (unpaired) electrons. The molecule has 1 N–H and O–H groups in total. The van der Waals surface area contributed by atoms with Gasteiger partial charge in [-0.05, 0) is 42.0 Å². The molecule has 0 spiro atoms. The molecule has 1 aromatic carbocycles. The lowest BCUT2D eigenvalue weighted by molar-refractivity contribution is 0.270. The molecule has 0 aliphatic rings. The van der Waals surface area contributed by atoms with Gasteiger partial charge in [-0.25, -0.2) is 0 Å². The average Bonchev–Trinajstić information content (AvgIpc) is 2.66. The molecule has 0 aliphatic heterocycles. The first-order valence-corrected chi connectivity index (χ1v) is 8.60. The summed E-state index contributed by atoms with van der Waals surface area (Å²) >= 11 is 0. The smallest absolute Gasteiger partial charge is 0.115 e. The minimum Gasteiger partial charge on any atom is -0.508 e. The van der Waals surface area contributed by atoms with E-state index in [1.165, 1.54) is 0 Å². The Morgan fingerprint density at radius 3 is 1.92 bits per heavy atom. The molecule has 3 aromatic rings. The summed E-state index contributed by atoms with van der Waals surface area (Å²) in [6.45, 7) is 2.63. The van der Waals surface area contributed by atoms with Gasteiger partial charge in [0.1, 0.15) is 5.75 Å². The zero-order chi connectivity index (χ0) is 17.3. The Kier molecular flexibility index (Phi) is 6.12. The second-order valence-electron chi connectivity index (χ2n) is 6.09. The molecule has 3 rings (SSSR count). The molecule has 4 heteroatoms. The second-order valence-corrected chi connectivity index (χ2v) is 6.09. The van der Waals surface area contributed by atoms with Gasteiger partial charge in [0.15, 0.2) is 0 Å². The molecular formula is C21H23N3O. The van der Waals surface area contributed by atoms with Crippen molar-refractivity contribution in [3.8, 4) is 5.75 Å². The van der Waals surface area contributed by atoms with Crippen LogP contribution in [-0.4, -0.2) is 33.1 Å². The molecule has 0 aliphatic carbocycles. The largest absolute Gasteiger partial charge is 0.508 e. The molecule has 0 saturated carbocycles. The summed E-state index contributed by atoms with van der Waals surface area (Å²) in [5.41, 5.74) is 3.31. The highest BCUT2D eigenvalue weighted by molar-refractivity contribution is 5.27. The van der Waals surface area contributed by atoms with Gasteiger partial charge in [-0.3, -0.25) is 14.9 Å². The number of hydrogen-bond acceptors (Lipinski definition) is 4. The number of phenolic OH excluding ortho intramolecular Hbond substituents is 1. The number of phenols is 1. The van der Waals surface area contributed by atoms with Gasteiger partial charge in [-0.15, -0.1) is 0 Å². The van der Waals surface area contributed by atoms with Crippen LogP contribution in [0.3, 0.4) is 0 Å². The maximum absolute atomic E-state index is 9.70. The van der Waals surface area contributed by atoms with Crippen molar-refractivity contribution in [2.75, 3.05) is 13.1 Å². The van der Waals surface area contributed by atoms with Gasteiger partial charge in [0.25, 0.3) is 0 Å². The third-order valence-corrected chi connectivity index (χ3v) is 4.14. The van der Waals surface area contributed by atoms with E-state index in [-0.39, 0.29) is 0 Å². The Morgan fingerprint density at radius 1 is 0.760 bits per heavy atom. The monoisotopic (exact) mass is 333 g/mol. The van der Waals surface area contributed by atoms with E-state index in [1.54, 1.807) is 6.07 Å². The van der Waals surface area contributed by atoms with E-state index in [9.17, 15) is 5.11 Å². The Morgan fingerprint density at radius 2 is 1.40 bits per heavy atom. The van der Waals surface area contributed by atoms with Crippen molar-refractivity contribution in [2.45, 2.75) is 19.4 Å². The van der Waals surface area contributed by atoms with Gasteiger partial charge in [-0.1, -0.05) is 24.3 Å². The lowest BCUT2D eigenvalue weighted by Crippen LogP contribution is -2.28. The zero-order valence-electron chi connectivity index (χ0n) is 14.3. The van der Waals surface area contributed by atoms with E-state index < -0.39 is 0 Å². The van der Waals surface area contributed by atoms with Crippen LogP contribution in [0.1, 0.15) is 17.0 Å². The van der Waals surface area contributed by atoms with E-state index >= 15 is 0 Å². The number of hydrogen-bond donors (Lipinski definition) is 1.